The van der Waals surface area contributed by atoms with Gasteiger partial charge in [-0.3, -0.25) is 14.2 Å². The van der Waals surface area contributed by atoms with E-state index in [2.05, 4.69) is 0 Å². The normalized spacial score (nSPS) is 13.4. The summed E-state index contributed by atoms with van der Waals surface area (Å²) in [5.74, 6) is -3.18. The smallest absolute Gasteiger partial charge is 0.311 e. The number of carboxylic acid groups (broad SMARTS) is 1. The lowest BCUT2D eigenvalue weighted by atomic mass is 9.84. The Hall–Kier alpha value is -2.86. The van der Waals surface area contributed by atoms with Crippen molar-refractivity contribution in [1.82, 2.24) is 4.57 Å². The summed E-state index contributed by atoms with van der Waals surface area (Å²) in [6, 6.07) is 7.95. The molecule has 152 valence electrons. The number of carboxylic acids is 1. The molecule has 0 amide bonds. The number of aromatic nitrogens is 1. The second-order valence-electron chi connectivity index (χ2n) is 7.17. The maximum Gasteiger partial charge on any atom is 0.311 e. The van der Waals surface area contributed by atoms with Crippen molar-refractivity contribution in [3.8, 4) is 5.75 Å². The van der Waals surface area contributed by atoms with Gasteiger partial charge in [0.1, 0.15) is 11.6 Å². The monoisotopic (exact) mass is 417 g/mol. The van der Waals surface area contributed by atoms with E-state index in [9.17, 15) is 24.2 Å². The second-order valence-corrected chi connectivity index (χ2v) is 7.58. The molecule has 7 heteroatoms. The predicted octanol–water partition coefficient (Wildman–Crippen LogP) is 5.35. The summed E-state index contributed by atoms with van der Waals surface area (Å²) in [6.07, 6.45) is 0.620. The van der Waals surface area contributed by atoms with Gasteiger partial charge in [0.15, 0.2) is 0 Å². The number of phenols is 1. The standard InChI is InChI=1S/C22H21ClFNO4/c1-4-11(2)19(22(28)29)20-12(3)25(17-10-16(23)18(26)9-15(17)20)21(27)13-5-7-14(24)8-6-13/h5-11,19,26H,4H2,1-3H3,(H,28,29)/t11?,19-/m0/s1. The number of carbonyl (C=O) groups is 2. The van der Waals surface area contributed by atoms with Gasteiger partial charge in [0.25, 0.3) is 5.91 Å². The fraction of sp³-hybridized carbons (Fsp3) is 0.273. The number of hydrogen-bond acceptors (Lipinski definition) is 3. The van der Waals surface area contributed by atoms with Crippen LogP contribution in [0.1, 0.15) is 47.8 Å². The van der Waals surface area contributed by atoms with Gasteiger partial charge in [-0.2, -0.15) is 0 Å². The molecule has 3 rings (SSSR count). The number of rotatable bonds is 5. The van der Waals surface area contributed by atoms with Crippen molar-refractivity contribution in [2.24, 2.45) is 5.92 Å². The van der Waals surface area contributed by atoms with Gasteiger partial charge in [-0.05, 0) is 54.8 Å². The maximum absolute atomic E-state index is 13.3. The fourth-order valence-electron chi connectivity index (χ4n) is 3.71. The highest BCUT2D eigenvalue weighted by molar-refractivity contribution is 6.33. The number of benzene rings is 2. The van der Waals surface area contributed by atoms with Gasteiger partial charge in [-0.1, -0.05) is 31.9 Å². The zero-order valence-electron chi connectivity index (χ0n) is 16.2. The molecule has 2 N–H and O–H groups in total. The van der Waals surface area contributed by atoms with Crippen LogP contribution in [-0.4, -0.2) is 26.7 Å². The number of halogens is 2. The Bertz CT molecular complexity index is 1100. The lowest BCUT2D eigenvalue weighted by Crippen LogP contribution is -2.21. The van der Waals surface area contributed by atoms with Gasteiger partial charge in [0, 0.05) is 16.6 Å². The molecule has 0 fully saturated rings. The minimum Gasteiger partial charge on any atom is -0.506 e. The third kappa shape index (κ3) is 3.60. The minimum absolute atomic E-state index is 0.0464. The lowest BCUT2D eigenvalue weighted by Gasteiger charge is -2.20. The second kappa shape index (κ2) is 7.87. The van der Waals surface area contributed by atoms with Crippen molar-refractivity contribution in [2.75, 3.05) is 0 Å². The minimum atomic E-state index is -1.01. The molecule has 2 aromatic carbocycles. The van der Waals surface area contributed by atoms with E-state index in [1.54, 1.807) is 6.92 Å². The van der Waals surface area contributed by atoms with Crippen molar-refractivity contribution < 1.29 is 24.2 Å². The Labute approximate surface area is 172 Å². The molecule has 1 unspecified atom stereocenters. The van der Waals surface area contributed by atoms with Gasteiger partial charge in [-0.25, -0.2) is 4.39 Å². The Kier molecular flexibility index (Phi) is 5.66. The van der Waals surface area contributed by atoms with Crippen LogP contribution < -0.4 is 0 Å². The number of hydrogen-bond donors (Lipinski definition) is 2. The quantitative estimate of drug-likeness (QED) is 0.586. The summed E-state index contributed by atoms with van der Waals surface area (Å²) in [5.41, 5.74) is 1.55. The third-order valence-electron chi connectivity index (χ3n) is 5.41. The average molecular weight is 418 g/mol. The number of phenolic OH excluding ortho intramolecular Hbond substituents is 1. The summed E-state index contributed by atoms with van der Waals surface area (Å²) < 4.78 is 14.7. The molecule has 0 aliphatic carbocycles. The van der Waals surface area contributed by atoms with Gasteiger partial charge in [0.2, 0.25) is 0 Å². The highest BCUT2D eigenvalue weighted by atomic mass is 35.5. The SMILES string of the molecule is CCC(C)[C@H](C(=O)O)c1c(C)n(C(=O)c2ccc(F)cc2)c2cc(Cl)c(O)cc12. The van der Waals surface area contributed by atoms with Crippen LogP contribution in [0.3, 0.4) is 0 Å². The van der Waals surface area contributed by atoms with Crippen molar-refractivity contribution in [2.45, 2.75) is 33.1 Å². The van der Waals surface area contributed by atoms with Crippen LogP contribution in [0.5, 0.6) is 5.75 Å². The van der Waals surface area contributed by atoms with E-state index in [1.807, 2.05) is 13.8 Å². The molecule has 2 atom stereocenters. The summed E-state index contributed by atoms with van der Waals surface area (Å²) in [6.45, 7) is 5.39. The molecule has 0 aliphatic rings. The molecule has 0 saturated carbocycles. The first-order valence-electron chi connectivity index (χ1n) is 9.23. The lowest BCUT2D eigenvalue weighted by molar-refractivity contribution is -0.140. The maximum atomic E-state index is 13.3. The molecule has 1 aromatic heterocycles. The fourth-order valence-corrected chi connectivity index (χ4v) is 3.87. The third-order valence-corrected chi connectivity index (χ3v) is 5.71. The van der Waals surface area contributed by atoms with Gasteiger partial charge in [-0.15, -0.1) is 0 Å². The van der Waals surface area contributed by atoms with Crippen LogP contribution in [0, 0.1) is 18.7 Å². The van der Waals surface area contributed by atoms with Crippen molar-refractivity contribution >= 4 is 34.4 Å². The van der Waals surface area contributed by atoms with E-state index in [-0.39, 0.29) is 22.3 Å². The van der Waals surface area contributed by atoms with Gasteiger partial charge >= 0.3 is 5.97 Å². The Balaban J connectivity index is 2.35. The first kappa shape index (κ1) is 20.9. The number of nitrogens with zero attached hydrogens (tertiary/aromatic N) is 1. The van der Waals surface area contributed by atoms with Crippen LogP contribution in [0.25, 0.3) is 10.9 Å². The Morgan fingerprint density at radius 2 is 1.83 bits per heavy atom. The molecular weight excluding hydrogens is 397 g/mol. The zero-order valence-corrected chi connectivity index (χ0v) is 17.0. The Morgan fingerprint density at radius 1 is 1.21 bits per heavy atom. The topological polar surface area (TPSA) is 79.5 Å². The number of carbonyl (C=O) groups excluding carboxylic acids is 1. The van der Waals surface area contributed by atoms with E-state index >= 15 is 0 Å². The van der Waals surface area contributed by atoms with E-state index in [4.69, 9.17) is 11.6 Å². The van der Waals surface area contributed by atoms with Crippen molar-refractivity contribution in [3.05, 3.63) is 64.1 Å². The van der Waals surface area contributed by atoms with E-state index in [0.29, 0.717) is 28.6 Å². The summed E-state index contributed by atoms with van der Waals surface area (Å²) in [4.78, 5) is 25.3. The van der Waals surface area contributed by atoms with Crippen LogP contribution in [0.15, 0.2) is 36.4 Å². The molecule has 0 radical (unpaired) electrons. The van der Waals surface area contributed by atoms with Crippen LogP contribution in [0.4, 0.5) is 4.39 Å². The van der Waals surface area contributed by atoms with Crippen LogP contribution >= 0.6 is 11.6 Å². The largest absolute Gasteiger partial charge is 0.506 e. The first-order valence-corrected chi connectivity index (χ1v) is 9.61. The molecule has 0 saturated heterocycles. The van der Waals surface area contributed by atoms with E-state index < -0.39 is 23.6 Å². The molecule has 0 spiro atoms. The molecule has 5 nitrogen and oxygen atoms in total. The summed E-state index contributed by atoms with van der Waals surface area (Å²) in [5, 5.41) is 20.5. The number of aliphatic carboxylic acids is 1. The average Bonchev–Trinajstić information content (AvgIpc) is 2.93. The van der Waals surface area contributed by atoms with Crippen molar-refractivity contribution in [3.63, 3.8) is 0 Å². The van der Waals surface area contributed by atoms with Gasteiger partial charge in [0.05, 0.1) is 16.5 Å². The first-order chi connectivity index (χ1) is 13.7. The van der Waals surface area contributed by atoms with E-state index in [1.165, 1.54) is 41.0 Å². The number of fused-ring (bicyclic) bond motifs is 1. The van der Waals surface area contributed by atoms with Crippen LogP contribution in [-0.2, 0) is 4.79 Å². The van der Waals surface area contributed by atoms with Crippen LogP contribution in [0.2, 0.25) is 5.02 Å². The number of aromatic hydroxyl groups is 1. The molecule has 0 aliphatic heterocycles. The molecule has 0 bridgehead atoms. The summed E-state index contributed by atoms with van der Waals surface area (Å²) in [7, 11) is 0. The summed E-state index contributed by atoms with van der Waals surface area (Å²) >= 11 is 6.08. The molecule has 1 heterocycles. The molecule has 3 aromatic rings. The van der Waals surface area contributed by atoms with Crippen molar-refractivity contribution in [1.29, 1.82) is 0 Å². The highest BCUT2D eigenvalue weighted by Crippen LogP contribution is 2.40. The molecular formula is C22H21ClFNO4. The van der Waals surface area contributed by atoms with E-state index in [0.717, 1.165) is 0 Å². The zero-order chi connectivity index (χ0) is 21.5. The molecule has 29 heavy (non-hydrogen) atoms. The predicted molar refractivity (Wildman–Crippen MR) is 109 cm³/mol. The van der Waals surface area contributed by atoms with Gasteiger partial charge < -0.3 is 10.2 Å². The highest BCUT2D eigenvalue weighted by Gasteiger charge is 2.33. The Morgan fingerprint density at radius 3 is 2.38 bits per heavy atom.